The summed E-state index contributed by atoms with van der Waals surface area (Å²) in [5, 5.41) is 13.8. The average molecular weight is 741 g/mol. The molecule has 0 bridgehead atoms. The lowest BCUT2D eigenvalue weighted by atomic mass is 10.0. The van der Waals surface area contributed by atoms with E-state index < -0.39 is 20.0 Å². The van der Waals surface area contributed by atoms with Crippen LogP contribution in [0.2, 0.25) is 0 Å². The normalized spacial score (nSPS) is 14.9. The van der Waals surface area contributed by atoms with Crippen LogP contribution in [0.25, 0.3) is 0 Å². The summed E-state index contributed by atoms with van der Waals surface area (Å²) >= 11 is 0. The number of likely N-dealkylation sites (N-methyl/N-ethyl adjacent to an activating group) is 1. The minimum absolute atomic E-state index is 0.00322. The maximum Gasteiger partial charge on any atom is 0.268 e. The number of allylic oxidation sites excluding steroid dienone is 6. The lowest BCUT2D eigenvalue weighted by molar-refractivity contribution is -0.870. The van der Waals surface area contributed by atoms with Crippen molar-refractivity contribution >= 4 is 13.7 Å². The third-order valence-corrected chi connectivity index (χ3v) is 10.1. The van der Waals surface area contributed by atoms with E-state index in [9.17, 15) is 19.4 Å². The molecule has 3 atom stereocenters. The molecular weight excluding hydrogens is 659 g/mol. The van der Waals surface area contributed by atoms with Crippen molar-refractivity contribution in [2.45, 2.75) is 187 Å². The number of phosphoric ester groups is 1. The molecule has 0 saturated heterocycles. The van der Waals surface area contributed by atoms with Gasteiger partial charge >= 0.3 is 0 Å². The fraction of sp³-hybridized carbons (Fsp3) is 0.833. The van der Waals surface area contributed by atoms with Crippen LogP contribution in [0.4, 0.5) is 0 Å². The maximum atomic E-state index is 12.8. The molecule has 0 spiro atoms. The second kappa shape index (κ2) is 34.5. The summed E-state index contributed by atoms with van der Waals surface area (Å²) in [6, 6.07) is -0.822. The molecule has 9 heteroatoms. The van der Waals surface area contributed by atoms with Gasteiger partial charge in [-0.15, -0.1) is 0 Å². The van der Waals surface area contributed by atoms with Crippen molar-refractivity contribution in [3.05, 3.63) is 36.5 Å². The number of hydrogen-bond donors (Lipinski definition) is 2. The van der Waals surface area contributed by atoms with E-state index in [1.165, 1.54) is 77.0 Å². The summed E-state index contributed by atoms with van der Waals surface area (Å²) in [7, 11) is 1.27. The summed E-state index contributed by atoms with van der Waals surface area (Å²) < 4.78 is 23.2. The zero-order valence-electron chi connectivity index (χ0n) is 33.8. The van der Waals surface area contributed by atoms with Crippen molar-refractivity contribution in [2.24, 2.45) is 0 Å². The Kier molecular flexibility index (Phi) is 33.6. The summed E-state index contributed by atoms with van der Waals surface area (Å²) in [5.74, 6) is -0.191. The van der Waals surface area contributed by atoms with E-state index in [0.29, 0.717) is 23.9 Å². The summed E-state index contributed by atoms with van der Waals surface area (Å²) in [5.41, 5.74) is 0. The van der Waals surface area contributed by atoms with Crippen LogP contribution < -0.4 is 10.2 Å². The maximum absolute atomic E-state index is 12.8. The molecule has 0 aliphatic rings. The van der Waals surface area contributed by atoms with Gasteiger partial charge in [0.1, 0.15) is 13.2 Å². The van der Waals surface area contributed by atoms with Crippen molar-refractivity contribution < 1.29 is 32.9 Å². The van der Waals surface area contributed by atoms with Gasteiger partial charge in [-0.25, -0.2) is 0 Å². The number of phosphoric acid groups is 1. The number of nitrogens with one attached hydrogen (secondary N) is 1. The molecule has 300 valence electrons. The highest BCUT2D eigenvalue weighted by Gasteiger charge is 2.24. The molecule has 0 aliphatic heterocycles. The van der Waals surface area contributed by atoms with Crippen LogP contribution >= 0.6 is 7.82 Å². The summed E-state index contributed by atoms with van der Waals surface area (Å²) in [6.07, 6.45) is 40.0. The fourth-order valence-electron chi connectivity index (χ4n) is 5.71. The number of unbranched alkanes of at least 4 members (excludes halogenated alkanes) is 18. The Morgan fingerprint density at radius 1 is 0.686 bits per heavy atom. The first-order valence-electron chi connectivity index (χ1n) is 20.8. The minimum atomic E-state index is -4.57. The first-order chi connectivity index (χ1) is 24.5. The third kappa shape index (κ3) is 36.9. The van der Waals surface area contributed by atoms with E-state index in [1.807, 2.05) is 21.1 Å². The monoisotopic (exact) mass is 741 g/mol. The second-order valence-corrected chi connectivity index (χ2v) is 16.7. The average Bonchev–Trinajstić information content (AvgIpc) is 3.07. The van der Waals surface area contributed by atoms with Crippen LogP contribution in [0.1, 0.15) is 174 Å². The topological polar surface area (TPSA) is 108 Å². The first-order valence-corrected chi connectivity index (χ1v) is 22.3. The number of carbonyl (C=O) groups is 1. The lowest BCUT2D eigenvalue weighted by Crippen LogP contribution is -2.46. The summed E-state index contributed by atoms with van der Waals surface area (Å²) in [6.45, 7) is 4.64. The Balaban J connectivity index is 4.49. The van der Waals surface area contributed by atoms with Gasteiger partial charge < -0.3 is 28.8 Å². The molecule has 1 amide bonds. The SMILES string of the molecule is CCCCC/C=C/C/C=C/CCCCCCCC(=O)N[C@@H](COP(=O)([O-])OCC[N+](C)(C)C)[C@H](O)CCCC/C=C/CCCCCCCCCC. The first kappa shape index (κ1) is 49.7. The number of amides is 1. The van der Waals surface area contributed by atoms with Crippen molar-refractivity contribution in [1.82, 2.24) is 5.32 Å². The van der Waals surface area contributed by atoms with Crippen LogP contribution in [0, 0.1) is 0 Å². The van der Waals surface area contributed by atoms with E-state index in [0.717, 1.165) is 70.6 Å². The van der Waals surface area contributed by atoms with Gasteiger partial charge in [-0.3, -0.25) is 9.36 Å². The number of rotatable bonds is 37. The van der Waals surface area contributed by atoms with Crippen molar-refractivity contribution in [2.75, 3.05) is 40.9 Å². The van der Waals surface area contributed by atoms with Crippen molar-refractivity contribution in [3.8, 4) is 0 Å². The van der Waals surface area contributed by atoms with E-state index >= 15 is 0 Å². The molecule has 0 aromatic carbocycles. The van der Waals surface area contributed by atoms with Crippen LogP contribution in [0.5, 0.6) is 0 Å². The third-order valence-electron chi connectivity index (χ3n) is 9.10. The second-order valence-electron chi connectivity index (χ2n) is 15.3. The summed E-state index contributed by atoms with van der Waals surface area (Å²) in [4.78, 5) is 25.2. The number of quaternary nitrogens is 1. The van der Waals surface area contributed by atoms with E-state index in [1.54, 1.807) is 0 Å². The molecule has 8 nitrogen and oxygen atoms in total. The molecule has 0 rings (SSSR count). The number of aliphatic hydroxyl groups excluding tert-OH is 1. The fourth-order valence-corrected chi connectivity index (χ4v) is 6.43. The Hall–Kier alpha value is -1.28. The van der Waals surface area contributed by atoms with Gasteiger partial charge in [-0.05, 0) is 70.6 Å². The quantitative estimate of drug-likeness (QED) is 0.0284. The van der Waals surface area contributed by atoms with Gasteiger partial charge in [0.05, 0.1) is 39.9 Å². The van der Waals surface area contributed by atoms with E-state index in [2.05, 4.69) is 55.6 Å². The number of aliphatic hydroxyl groups is 1. The molecule has 51 heavy (non-hydrogen) atoms. The Morgan fingerprint density at radius 3 is 1.69 bits per heavy atom. The van der Waals surface area contributed by atoms with Crippen LogP contribution in [0.15, 0.2) is 36.5 Å². The predicted octanol–water partition coefficient (Wildman–Crippen LogP) is 10.5. The highest BCUT2D eigenvalue weighted by Crippen LogP contribution is 2.38. The smallest absolute Gasteiger partial charge is 0.268 e. The number of hydrogen-bond acceptors (Lipinski definition) is 6. The molecule has 0 fully saturated rings. The molecule has 0 radical (unpaired) electrons. The van der Waals surface area contributed by atoms with Gasteiger partial charge in [0.15, 0.2) is 0 Å². The Morgan fingerprint density at radius 2 is 1.14 bits per heavy atom. The van der Waals surface area contributed by atoms with Gasteiger partial charge in [0, 0.05) is 6.42 Å². The van der Waals surface area contributed by atoms with Gasteiger partial charge in [-0.1, -0.05) is 134 Å². The lowest BCUT2D eigenvalue weighted by Gasteiger charge is -2.30. The minimum Gasteiger partial charge on any atom is -0.756 e. The molecule has 0 heterocycles. The zero-order valence-corrected chi connectivity index (χ0v) is 34.7. The van der Waals surface area contributed by atoms with Crippen LogP contribution in [-0.2, 0) is 18.4 Å². The Bertz CT molecular complexity index is 933. The molecular formula is C42H81N2O6P. The number of carbonyl (C=O) groups excluding carboxylic acids is 1. The predicted molar refractivity (Wildman–Crippen MR) is 215 cm³/mol. The largest absolute Gasteiger partial charge is 0.756 e. The molecule has 2 N–H and O–H groups in total. The van der Waals surface area contributed by atoms with Crippen LogP contribution in [0.3, 0.4) is 0 Å². The molecule has 0 aromatic rings. The van der Waals surface area contributed by atoms with Crippen LogP contribution in [-0.4, -0.2) is 68.5 Å². The molecule has 1 unspecified atom stereocenters. The van der Waals surface area contributed by atoms with Gasteiger partial charge in [0.2, 0.25) is 5.91 Å². The van der Waals surface area contributed by atoms with Gasteiger partial charge in [-0.2, -0.15) is 0 Å². The zero-order chi connectivity index (χ0) is 37.9. The molecule has 0 aromatic heterocycles. The highest BCUT2D eigenvalue weighted by molar-refractivity contribution is 7.45. The van der Waals surface area contributed by atoms with E-state index in [4.69, 9.17) is 9.05 Å². The standard InChI is InChI=1S/C42H81N2O6P/c1-6-8-10-12-14-16-18-20-22-24-26-28-30-32-34-36-42(46)43-40(39-50-51(47,48)49-38-37-44(3,4)5)41(45)35-33-31-29-27-25-23-21-19-17-15-13-11-9-7-2/h14,16,20,22,25,27,40-41,45H,6-13,15,17-19,21,23-24,26,28-39H2,1-5H3,(H-,43,46,47,48)/b16-14+,22-20+,27-25+/t40-,41+/m0/s1. The molecule has 0 saturated carbocycles. The van der Waals surface area contributed by atoms with E-state index in [-0.39, 0.29) is 19.1 Å². The molecule has 0 aliphatic carbocycles. The Labute approximate surface area is 315 Å². The van der Waals surface area contributed by atoms with Crippen molar-refractivity contribution in [3.63, 3.8) is 0 Å². The van der Waals surface area contributed by atoms with Gasteiger partial charge in [0.25, 0.3) is 7.82 Å². The number of nitrogens with zero attached hydrogens (tertiary/aromatic N) is 1. The highest BCUT2D eigenvalue weighted by atomic mass is 31.2. The van der Waals surface area contributed by atoms with Crippen molar-refractivity contribution in [1.29, 1.82) is 0 Å².